The number of nitrogens with zero attached hydrogens (tertiary/aromatic N) is 3. The van der Waals surface area contributed by atoms with Crippen LogP contribution in [0.1, 0.15) is 31.2 Å². The molecule has 0 aliphatic heterocycles. The van der Waals surface area contributed by atoms with Crippen LogP contribution in [0, 0.1) is 18.8 Å². The molecule has 1 aliphatic rings. The zero-order valence-corrected chi connectivity index (χ0v) is 20.4. The van der Waals surface area contributed by atoms with Crippen LogP contribution in [0.25, 0.3) is 10.9 Å². The van der Waals surface area contributed by atoms with E-state index in [1.807, 2.05) is 62.3 Å². The maximum absolute atomic E-state index is 12.5. The number of hydrogen-bond donors (Lipinski definition) is 2. The lowest BCUT2D eigenvalue weighted by atomic mass is 9.82. The zero-order valence-electron chi connectivity index (χ0n) is 19.6. The van der Waals surface area contributed by atoms with Crippen molar-refractivity contribution in [3.63, 3.8) is 0 Å². The zero-order chi connectivity index (χ0) is 23.4. The van der Waals surface area contributed by atoms with E-state index in [1.54, 1.807) is 12.1 Å². The predicted octanol–water partition coefficient (Wildman–Crippen LogP) is 4.20. The average Bonchev–Trinajstić information content (AvgIpc) is 2.82. The third kappa shape index (κ3) is 5.81. The number of sulfonamides is 1. The smallest absolute Gasteiger partial charge is 0.240 e. The number of anilines is 2. The Bertz CT molecular complexity index is 1190. The van der Waals surface area contributed by atoms with Gasteiger partial charge in [-0.25, -0.2) is 18.1 Å². The largest absolute Gasteiger partial charge is 0.362 e. The molecule has 1 saturated carbocycles. The lowest BCUT2D eigenvalue weighted by Crippen LogP contribution is -2.32. The molecule has 1 aliphatic carbocycles. The molecule has 0 bridgehead atoms. The molecule has 2 N–H and O–H groups in total. The number of rotatable bonds is 8. The minimum absolute atomic E-state index is 0.332. The van der Waals surface area contributed by atoms with Gasteiger partial charge in [0, 0.05) is 32.6 Å². The van der Waals surface area contributed by atoms with Crippen molar-refractivity contribution < 1.29 is 8.42 Å². The summed E-state index contributed by atoms with van der Waals surface area (Å²) in [6.07, 6.45) is 4.17. The molecule has 1 heterocycles. The first-order valence-electron chi connectivity index (χ1n) is 11.6. The summed E-state index contributed by atoms with van der Waals surface area (Å²) in [4.78, 5) is 11.7. The van der Waals surface area contributed by atoms with E-state index < -0.39 is 10.0 Å². The third-order valence-electron chi connectivity index (χ3n) is 6.42. The Hall–Kier alpha value is -2.71. The Balaban J connectivity index is 1.28. The van der Waals surface area contributed by atoms with Crippen LogP contribution in [-0.2, 0) is 10.0 Å². The van der Waals surface area contributed by atoms with Crippen molar-refractivity contribution in [3.05, 3.63) is 54.1 Å². The fourth-order valence-electron chi connectivity index (χ4n) is 4.38. The molecular formula is C25H33N5O2S. The van der Waals surface area contributed by atoms with E-state index >= 15 is 0 Å². The summed E-state index contributed by atoms with van der Waals surface area (Å²) >= 11 is 0. The van der Waals surface area contributed by atoms with Crippen molar-refractivity contribution in [2.75, 3.05) is 37.4 Å². The van der Waals surface area contributed by atoms with E-state index in [0.717, 1.165) is 54.5 Å². The minimum atomic E-state index is -3.45. The van der Waals surface area contributed by atoms with Crippen molar-refractivity contribution >= 4 is 32.7 Å². The topological polar surface area (TPSA) is 87.2 Å². The van der Waals surface area contributed by atoms with Crippen molar-refractivity contribution in [2.24, 2.45) is 11.8 Å². The lowest BCUT2D eigenvalue weighted by Gasteiger charge is -2.28. The standard InChI is InChI=1S/C25H33N5O2S/c1-18-8-14-21(15-9-18)33(31,32)27-17-20-12-10-19(11-13-20)16-26-25-28-23-7-5-4-6-22(23)24(29-25)30(2)3/h4-9,14-15,19-20,27H,10-13,16-17H2,1-3H3,(H,26,28,29)/t19-,20-. The normalized spacial score (nSPS) is 18.9. The van der Waals surface area contributed by atoms with Gasteiger partial charge < -0.3 is 10.2 Å². The van der Waals surface area contributed by atoms with Crippen LogP contribution in [0.2, 0.25) is 0 Å². The summed E-state index contributed by atoms with van der Waals surface area (Å²) < 4.78 is 27.9. The maximum Gasteiger partial charge on any atom is 0.240 e. The second-order valence-electron chi connectivity index (χ2n) is 9.21. The van der Waals surface area contributed by atoms with Gasteiger partial charge in [0.15, 0.2) is 0 Å². The number of aryl methyl sites for hydroxylation is 1. The Labute approximate surface area is 196 Å². The van der Waals surface area contributed by atoms with Crippen molar-refractivity contribution in [1.29, 1.82) is 0 Å². The van der Waals surface area contributed by atoms with Gasteiger partial charge in [-0.1, -0.05) is 29.8 Å². The molecule has 4 rings (SSSR count). The molecule has 0 amide bonds. The molecule has 0 atom stereocenters. The Morgan fingerprint density at radius 1 is 0.909 bits per heavy atom. The van der Waals surface area contributed by atoms with Crippen LogP contribution < -0.4 is 14.9 Å². The second-order valence-corrected chi connectivity index (χ2v) is 11.0. The summed E-state index contributed by atoms with van der Waals surface area (Å²) in [6.45, 7) is 3.27. The number of aromatic nitrogens is 2. The molecule has 0 spiro atoms. The summed E-state index contributed by atoms with van der Waals surface area (Å²) in [7, 11) is 0.538. The third-order valence-corrected chi connectivity index (χ3v) is 7.85. The Morgan fingerprint density at radius 2 is 1.55 bits per heavy atom. The summed E-state index contributed by atoms with van der Waals surface area (Å²) in [5.74, 6) is 2.48. The number of para-hydroxylation sites is 1. The van der Waals surface area contributed by atoms with Crippen LogP contribution in [-0.4, -0.2) is 45.6 Å². The molecule has 2 aromatic carbocycles. The summed E-state index contributed by atoms with van der Waals surface area (Å²) in [6, 6.07) is 15.0. The SMILES string of the molecule is Cc1ccc(S(=O)(=O)NC[C@H]2CC[C@H](CNc3nc(N(C)C)c4ccccc4n3)CC2)cc1. The van der Waals surface area contributed by atoms with E-state index in [9.17, 15) is 8.42 Å². The second kappa shape index (κ2) is 10.1. The van der Waals surface area contributed by atoms with E-state index in [2.05, 4.69) is 15.0 Å². The predicted molar refractivity (Wildman–Crippen MR) is 134 cm³/mol. The summed E-state index contributed by atoms with van der Waals surface area (Å²) in [5, 5.41) is 4.48. The van der Waals surface area contributed by atoms with Gasteiger partial charge in [-0.2, -0.15) is 4.98 Å². The highest BCUT2D eigenvalue weighted by atomic mass is 32.2. The molecule has 7 nitrogen and oxygen atoms in total. The van der Waals surface area contributed by atoms with Crippen LogP contribution in [0.4, 0.5) is 11.8 Å². The van der Waals surface area contributed by atoms with Crippen LogP contribution in [0.5, 0.6) is 0 Å². The number of nitrogens with one attached hydrogen (secondary N) is 2. The molecule has 0 radical (unpaired) electrons. The molecule has 0 saturated heterocycles. The highest BCUT2D eigenvalue weighted by molar-refractivity contribution is 7.89. The van der Waals surface area contributed by atoms with Gasteiger partial charge in [-0.15, -0.1) is 0 Å². The van der Waals surface area contributed by atoms with Crippen LogP contribution in [0.3, 0.4) is 0 Å². The van der Waals surface area contributed by atoms with Gasteiger partial charge in [-0.05, 0) is 68.7 Å². The minimum Gasteiger partial charge on any atom is -0.362 e. The number of fused-ring (bicyclic) bond motifs is 1. The molecule has 176 valence electrons. The highest BCUT2D eigenvalue weighted by Crippen LogP contribution is 2.29. The molecular weight excluding hydrogens is 434 g/mol. The highest BCUT2D eigenvalue weighted by Gasteiger charge is 2.23. The van der Waals surface area contributed by atoms with Gasteiger partial charge >= 0.3 is 0 Å². The van der Waals surface area contributed by atoms with E-state index in [1.165, 1.54) is 0 Å². The van der Waals surface area contributed by atoms with E-state index in [4.69, 9.17) is 4.98 Å². The van der Waals surface area contributed by atoms with Gasteiger partial charge in [0.2, 0.25) is 16.0 Å². The fourth-order valence-corrected chi connectivity index (χ4v) is 5.50. The lowest BCUT2D eigenvalue weighted by molar-refractivity contribution is 0.284. The number of benzene rings is 2. The van der Waals surface area contributed by atoms with E-state index in [0.29, 0.717) is 29.2 Å². The molecule has 3 aromatic rings. The number of hydrogen-bond acceptors (Lipinski definition) is 6. The molecule has 1 fully saturated rings. The Morgan fingerprint density at radius 3 is 2.21 bits per heavy atom. The van der Waals surface area contributed by atoms with Gasteiger partial charge in [0.25, 0.3) is 0 Å². The van der Waals surface area contributed by atoms with Gasteiger partial charge in [-0.3, -0.25) is 0 Å². The first kappa shape index (κ1) is 23.4. The van der Waals surface area contributed by atoms with Crippen molar-refractivity contribution in [3.8, 4) is 0 Å². The summed E-state index contributed by atoms with van der Waals surface area (Å²) in [5.41, 5.74) is 1.98. The van der Waals surface area contributed by atoms with Crippen LogP contribution >= 0.6 is 0 Å². The molecule has 8 heteroatoms. The van der Waals surface area contributed by atoms with Crippen LogP contribution in [0.15, 0.2) is 53.4 Å². The van der Waals surface area contributed by atoms with Gasteiger partial charge in [0.1, 0.15) is 5.82 Å². The van der Waals surface area contributed by atoms with Gasteiger partial charge in [0.05, 0.1) is 10.4 Å². The van der Waals surface area contributed by atoms with Crippen molar-refractivity contribution in [2.45, 2.75) is 37.5 Å². The monoisotopic (exact) mass is 467 g/mol. The first-order chi connectivity index (χ1) is 15.8. The average molecular weight is 468 g/mol. The fraction of sp³-hybridized carbons (Fsp3) is 0.440. The Kier molecular flexibility index (Phi) is 7.14. The van der Waals surface area contributed by atoms with Crippen molar-refractivity contribution in [1.82, 2.24) is 14.7 Å². The molecule has 33 heavy (non-hydrogen) atoms. The molecule has 1 aromatic heterocycles. The maximum atomic E-state index is 12.5. The van der Waals surface area contributed by atoms with E-state index in [-0.39, 0.29) is 0 Å². The molecule has 0 unspecified atom stereocenters. The first-order valence-corrected chi connectivity index (χ1v) is 13.0. The quantitative estimate of drug-likeness (QED) is 0.516.